The summed E-state index contributed by atoms with van der Waals surface area (Å²) >= 11 is 0. The number of ketones is 1. The molecule has 0 heterocycles. The van der Waals surface area contributed by atoms with E-state index in [-0.39, 0.29) is 31.8 Å². The summed E-state index contributed by atoms with van der Waals surface area (Å²) in [4.78, 5) is 48.6. The first kappa shape index (κ1) is 27.1. The third-order valence-electron chi connectivity index (χ3n) is 5.49. The van der Waals surface area contributed by atoms with Crippen molar-refractivity contribution >= 4 is 23.7 Å². The summed E-state index contributed by atoms with van der Waals surface area (Å²) in [5.41, 5.74) is 8.02. The summed E-state index contributed by atoms with van der Waals surface area (Å²) in [7, 11) is 0. The van der Waals surface area contributed by atoms with Crippen LogP contribution in [0.25, 0.3) is 0 Å². The summed E-state index contributed by atoms with van der Waals surface area (Å²) in [5, 5.41) is 15.0. The van der Waals surface area contributed by atoms with E-state index >= 15 is 0 Å². The van der Waals surface area contributed by atoms with Crippen LogP contribution in [0.2, 0.25) is 0 Å². The van der Waals surface area contributed by atoms with Gasteiger partial charge in [-0.3, -0.25) is 14.4 Å². The predicted molar refractivity (Wildman–Crippen MR) is 136 cm³/mol. The highest BCUT2D eigenvalue weighted by atomic mass is 16.5. The van der Waals surface area contributed by atoms with E-state index in [4.69, 9.17) is 10.5 Å². The number of aliphatic hydroxyl groups excluding tert-OH is 1. The van der Waals surface area contributed by atoms with E-state index in [9.17, 15) is 24.3 Å². The van der Waals surface area contributed by atoms with Crippen LogP contribution >= 0.6 is 0 Å². The largest absolute Gasteiger partial charge is 0.445 e. The van der Waals surface area contributed by atoms with E-state index in [1.54, 1.807) is 60.7 Å². The zero-order valence-electron chi connectivity index (χ0n) is 20.1. The maximum Gasteiger partial charge on any atom is 0.407 e. The van der Waals surface area contributed by atoms with Gasteiger partial charge >= 0.3 is 6.09 Å². The Morgan fingerprint density at radius 1 is 0.811 bits per heavy atom. The Morgan fingerprint density at radius 3 is 2.03 bits per heavy atom. The average molecular weight is 504 g/mol. The Morgan fingerprint density at radius 2 is 1.41 bits per heavy atom. The van der Waals surface area contributed by atoms with Gasteiger partial charge in [-0.15, -0.1) is 0 Å². The molecule has 9 nitrogen and oxygen atoms in total. The molecule has 0 aliphatic heterocycles. The number of benzene rings is 3. The lowest BCUT2D eigenvalue weighted by Crippen LogP contribution is -2.47. The lowest BCUT2D eigenvalue weighted by atomic mass is 9.99. The van der Waals surface area contributed by atoms with Crippen molar-refractivity contribution in [1.29, 1.82) is 0 Å². The summed E-state index contributed by atoms with van der Waals surface area (Å²) in [5.74, 6) is -1.47. The van der Waals surface area contributed by atoms with Crippen LogP contribution in [0, 0.1) is 0 Å². The second kappa shape index (κ2) is 13.6. The van der Waals surface area contributed by atoms with Gasteiger partial charge in [0.2, 0.25) is 11.8 Å². The van der Waals surface area contributed by atoms with E-state index in [1.165, 1.54) is 0 Å². The SMILES string of the molecule is NC(=O)[C@@H](Cc1ccc(C(=O)c2ccccc2)cc1)NC(=O)C[C@H](O)CNC(=O)OCc1ccccc1. The lowest BCUT2D eigenvalue weighted by Gasteiger charge is -2.17. The molecule has 0 aliphatic rings. The highest BCUT2D eigenvalue weighted by Crippen LogP contribution is 2.12. The first-order valence-electron chi connectivity index (χ1n) is 11.7. The minimum atomic E-state index is -1.19. The van der Waals surface area contributed by atoms with E-state index in [0.717, 1.165) is 5.56 Å². The van der Waals surface area contributed by atoms with E-state index in [2.05, 4.69) is 10.6 Å². The second-order valence-corrected chi connectivity index (χ2v) is 8.42. The molecule has 0 saturated heterocycles. The molecule has 5 N–H and O–H groups in total. The molecule has 0 aliphatic carbocycles. The van der Waals surface area contributed by atoms with Crippen molar-refractivity contribution in [3.05, 3.63) is 107 Å². The van der Waals surface area contributed by atoms with Gasteiger partial charge in [-0.2, -0.15) is 0 Å². The van der Waals surface area contributed by atoms with Gasteiger partial charge in [-0.1, -0.05) is 84.9 Å². The Bertz CT molecular complexity index is 1200. The molecular weight excluding hydrogens is 474 g/mol. The molecule has 0 aromatic heterocycles. The Labute approximate surface area is 214 Å². The van der Waals surface area contributed by atoms with Crippen LogP contribution in [0.15, 0.2) is 84.9 Å². The van der Waals surface area contributed by atoms with Crippen molar-refractivity contribution in [3.63, 3.8) is 0 Å². The number of rotatable bonds is 12. The van der Waals surface area contributed by atoms with Gasteiger partial charge in [0.05, 0.1) is 12.5 Å². The standard InChI is InChI=1S/C28H29N3O6/c29-27(35)24(15-19-11-13-22(14-12-19)26(34)21-9-5-2-6-10-21)31-25(33)16-23(32)17-30-28(36)37-18-20-7-3-1-4-8-20/h1-14,23-24,32H,15-18H2,(H2,29,35)(H,30,36)(H,31,33)/t23-,24+/m0/s1. The van der Waals surface area contributed by atoms with Gasteiger partial charge in [0, 0.05) is 24.1 Å². The fourth-order valence-electron chi connectivity index (χ4n) is 3.52. The molecule has 3 aromatic carbocycles. The number of hydrogen-bond donors (Lipinski definition) is 4. The number of amides is 3. The number of primary amides is 1. The number of nitrogens with one attached hydrogen (secondary N) is 2. The normalized spacial score (nSPS) is 12.1. The van der Waals surface area contributed by atoms with Crippen LogP contribution in [-0.4, -0.2) is 47.5 Å². The summed E-state index contributed by atoms with van der Waals surface area (Å²) < 4.78 is 5.05. The quantitative estimate of drug-likeness (QED) is 0.278. The van der Waals surface area contributed by atoms with Crippen molar-refractivity contribution in [2.75, 3.05) is 6.54 Å². The fraction of sp³-hybridized carbons (Fsp3) is 0.214. The third kappa shape index (κ3) is 8.90. The minimum absolute atomic E-state index is 0.0743. The molecule has 3 aromatic rings. The molecule has 37 heavy (non-hydrogen) atoms. The number of nitrogens with two attached hydrogens (primary N) is 1. The Kier molecular flexibility index (Phi) is 9.92. The van der Waals surface area contributed by atoms with Gasteiger partial charge in [0.15, 0.2) is 5.78 Å². The van der Waals surface area contributed by atoms with Gasteiger partial charge in [-0.25, -0.2) is 4.79 Å². The molecule has 0 spiro atoms. The van der Waals surface area contributed by atoms with Gasteiger partial charge in [0.25, 0.3) is 0 Å². The van der Waals surface area contributed by atoms with Crippen LogP contribution < -0.4 is 16.4 Å². The molecule has 192 valence electrons. The number of aliphatic hydroxyl groups is 1. The van der Waals surface area contributed by atoms with Gasteiger partial charge in [0.1, 0.15) is 12.6 Å². The molecule has 0 saturated carbocycles. The number of ether oxygens (including phenoxy) is 1. The summed E-state index contributed by atoms with van der Waals surface area (Å²) in [6, 6.07) is 23.6. The molecular formula is C28H29N3O6. The predicted octanol–water partition coefficient (Wildman–Crippen LogP) is 2.11. The van der Waals surface area contributed by atoms with E-state index in [0.29, 0.717) is 16.7 Å². The molecule has 0 radical (unpaired) electrons. The van der Waals surface area contributed by atoms with Crippen molar-refractivity contribution in [2.45, 2.75) is 31.6 Å². The average Bonchev–Trinajstić information content (AvgIpc) is 2.91. The van der Waals surface area contributed by atoms with Crippen LogP contribution in [0.3, 0.4) is 0 Å². The Hall–Kier alpha value is -4.50. The molecule has 9 heteroatoms. The third-order valence-corrected chi connectivity index (χ3v) is 5.49. The van der Waals surface area contributed by atoms with E-state index < -0.39 is 30.1 Å². The maximum atomic E-state index is 12.5. The van der Waals surface area contributed by atoms with Crippen molar-refractivity contribution in [1.82, 2.24) is 10.6 Å². The molecule has 3 rings (SSSR count). The fourth-order valence-corrected chi connectivity index (χ4v) is 3.52. The van der Waals surface area contributed by atoms with Crippen LogP contribution in [-0.2, 0) is 27.4 Å². The molecule has 0 fully saturated rings. The number of alkyl carbamates (subject to hydrolysis) is 1. The molecule has 0 bridgehead atoms. The zero-order valence-corrected chi connectivity index (χ0v) is 20.1. The highest BCUT2D eigenvalue weighted by molar-refractivity contribution is 6.08. The molecule has 3 amide bonds. The summed E-state index contributed by atoms with van der Waals surface area (Å²) in [6.07, 6.45) is -2.16. The molecule has 0 unspecified atom stereocenters. The van der Waals surface area contributed by atoms with Crippen molar-refractivity contribution in [2.24, 2.45) is 5.73 Å². The Balaban J connectivity index is 1.44. The maximum absolute atomic E-state index is 12.5. The monoisotopic (exact) mass is 503 g/mol. The smallest absolute Gasteiger partial charge is 0.407 e. The van der Waals surface area contributed by atoms with Crippen LogP contribution in [0.5, 0.6) is 0 Å². The summed E-state index contributed by atoms with van der Waals surface area (Å²) in [6.45, 7) is -0.135. The lowest BCUT2D eigenvalue weighted by molar-refractivity contribution is -0.128. The van der Waals surface area contributed by atoms with Crippen molar-refractivity contribution < 1.29 is 29.0 Å². The minimum Gasteiger partial charge on any atom is -0.445 e. The van der Waals surface area contributed by atoms with E-state index in [1.807, 2.05) is 24.3 Å². The van der Waals surface area contributed by atoms with Crippen LogP contribution in [0.1, 0.15) is 33.5 Å². The number of carbonyl (C=O) groups excluding carboxylic acids is 4. The topological polar surface area (TPSA) is 148 Å². The number of carbonyl (C=O) groups is 4. The first-order chi connectivity index (χ1) is 17.8. The zero-order chi connectivity index (χ0) is 26.6. The number of hydrogen-bond acceptors (Lipinski definition) is 6. The van der Waals surface area contributed by atoms with Crippen LogP contribution in [0.4, 0.5) is 4.79 Å². The van der Waals surface area contributed by atoms with Crippen molar-refractivity contribution in [3.8, 4) is 0 Å². The highest BCUT2D eigenvalue weighted by Gasteiger charge is 2.21. The second-order valence-electron chi connectivity index (χ2n) is 8.42. The van der Waals surface area contributed by atoms with Gasteiger partial charge in [-0.05, 0) is 11.1 Å². The molecule has 2 atom stereocenters. The first-order valence-corrected chi connectivity index (χ1v) is 11.7. The van der Waals surface area contributed by atoms with Gasteiger partial charge < -0.3 is 26.2 Å².